The molecular formula is C28H39N3O12. The molecule has 0 bridgehead atoms. The molecule has 2 rings (SSSR count). The molecule has 3 atom stereocenters. The SMILES string of the molecule is CCOC(=O)[C@H](CCc1ccccc1)N[C@@H](C)C(=O)N1CCC[C@H]1C(=O)OCCCCO[N+](=O)[O-].O=C(O)/C=C\C(=O)O. The van der Waals surface area contributed by atoms with Crippen LogP contribution in [0.1, 0.15) is 51.5 Å². The van der Waals surface area contributed by atoms with Gasteiger partial charge in [-0.3, -0.25) is 14.9 Å². The van der Waals surface area contributed by atoms with E-state index in [1.165, 1.54) is 4.90 Å². The minimum Gasteiger partial charge on any atom is -0.478 e. The molecule has 1 aliphatic rings. The number of benzene rings is 1. The van der Waals surface area contributed by atoms with Crippen LogP contribution in [0.5, 0.6) is 0 Å². The van der Waals surface area contributed by atoms with Crippen LogP contribution in [-0.4, -0.2) is 94.5 Å². The van der Waals surface area contributed by atoms with Crippen molar-refractivity contribution in [3.8, 4) is 0 Å². The van der Waals surface area contributed by atoms with E-state index in [1.807, 2.05) is 30.3 Å². The minimum absolute atomic E-state index is 0.0618. The van der Waals surface area contributed by atoms with Gasteiger partial charge in [0.25, 0.3) is 5.09 Å². The summed E-state index contributed by atoms with van der Waals surface area (Å²) in [5.74, 6) is -3.71. The summed E-state index contributed by atoms with van der Waals surface area (Å²) in [6.45, 7) is 4.10. The summed E-state index contributed by atoms with van der Waals surface area (Å²) in [5.41, 5.74) is 1.08. The van der Waals surface area contributed by atoms with Crippen molar-refractivity contribution < 1.29 is 53.6 Å². The van der Waals surface area contributed by atoms with Gasteiger partial charge in [-0.1, -0.05) is 30.3 Å². The summed E-state index contributed by atoms with van der Waals surface area (Å²) in [7, 11) is 0. The van der Waals surface area contributed by atoms with Crippen LogP contribution >= 0.6 is 0 Å². The normalized spacial score (nSPS) is 15.5. The van der Waals surface area contributed by atoms with Gasteiger partial charge in [0.2, 0.25) is 5.91 Å². The van der Waals surface area contributed by atoms with E-state index < -0.39 is 47.1 Å². The summed E-state index contributed by atoms with van der Waals surface area (Å²) in [6.07, 6.45) is 4.18. The smallest absolute Gasteiger partial charge is 0.328 e. The highest BCUT2D eigenvalue weighted by atomic mass is 16.9. The summed E-state index contributed by atoms with van der Waals surface area (Å²) in [5, 5.41) is 28.0. The van der Waals surface area contributed by atoms with Crippen LogP contribution in [0.2, 0.25) is 0 Å². The van der Waals surface area contributed by atoms with Crippen molar-refractivity contribution >= 4 is 29.8 Å². The van der Waals surface area contributed by atoms with E-state index in [4.69, 9.17) is 19.7 Å². The van der Waals surface area contributed by atoms with Gasteiger partial charge in [0.15, 0.2) is 0 Å². The van der Waals surface area contributed by atoms with E-state index in [1.54, 1.807) is 13.8 Å². The number of nitrogens with zero attached hydrogens (tertiary/aromatic N) is 2. The number of carbonyl (C=O) groups excluding carboxylic acids is 3. The fraction of sp³-hybridized carbons (Fsp3) is 0.536. The molecule has 0 unspecified atom stereocenters. The summed E-state index contributed by atoms with van der Waals surface area (Å²) in [6, 6.07) is 7.69. The molecule has 1 heterocycles. The third kappa shape index (κ3) is 15.3. The van der Waals surface area contributed by atoms with Gasteiger partial charge in [-0.15, -0.1) is 10.1 Å². The van der Waals surface area contributed by atoms with Gasteiger partial charge >= 0.3 is 23.9 Å². The number of carboxylic acid groups (broad SMARTS) is 2. The van der Waals surface area contributed by atoms with E-state index >= 15 is 0 Å². The van der Waals surface area contributed by atoms with E-state index in [9.17, 15) is 34.1 Å². The number of ether oxygens (including phenoxy) is 2. The van der Waals surface area contributed by atoms with E-state index in [2.05, 4.69) is 10.2 Å². The van der Waals surface area contributed by atoms with Crippen LogP contribution in [0.25, 0.3) is 0 Å². The van der Waals surface area contributed by atoms with Crippen molar-refractivity contribution in [2.45, 2.75) is 70.5 Å². The maximum absolute atomic E-state index is 13.2. The summed E-state index contributed by atoms with van der Waals surface area (Å²) in [4.78, 5) is 73.2. The molecule has 0 aromatic heterocycles. The van der Waals surface area contributed by atoms with Gasteiger partial charge in [0.05, 0.1) is 25.9 Å². The molecule has 1 aromatic rings. The topological polar surface area (TPSA) is 212 Å². The van der Waals surface area contributed by atoms with Gasteiger partial charge in [-0.2, -0.15) is 0 Å². The molecule has 15 heteroatoms. The number of likely N-dealkylation sites (tertiary alicyclic amines) is 1. The van der Waals surface area contributed by atoms with Gasteiger partial charge in [0, 0.05) is 18.7 Å². The lowest BCUT2D eigenvalue weighted by Gasteiger charge is -2.28. The number of esters is 2. The van der Waals surface area contributed by atoms with Crippen molar-refractivity contribution in [2.75, 3.05) is 26.4 Å². The number of nitrogens with one attached hydrogen (secondary N) is 1. The Balaban J connectivity index is 0.00000101. The monoisotopic (exact) mass is 609 g/mol. The van der Waals surface area contributed by atoms with Crippen molar-refractivity contribution in [2.24, 2.45) is 0 Å². The first kappa shape index (κ1) is 36.5. The maximum atomic E-state index is 13.2. The first-order chi connectivity index (χ1) is 20.5. The Morgan fingerprint density at radius 3 is 2.28 bits per heavy atom. The van der Waals surface area contributed by atoms with Crippen molar-refractivity contribution in [1.82, 2.24) is 10.2 Å². The Morgan fingerprint density at radius 1 is 1.07 bits per heavy atom. The number of rotatable bonds is 17. The van der Waals surface area contributed by atoms with E-state index in [0.29, 0.717) is 57.2 Å². The molecule has 0 saturated carbocycles. The van der Waals surface area contributed by atoms with Crippen LogP contribution in [0, 0.1) is 10.1 Å². The number of hydrogen-bond donors (Lipinski definition) is 3. The van der Waals surface area contributed by atoms with Crippen molar-refractivity contribution in [1.29, 1.82) is 0 Å². The van der Waals surface area contributed by atoms with E-state index in [0.717, 1.165) is 5.56 Å². The summed E-state index contributed by atoms with van der Waals surface area (Å²) >= 11 is 0. The van der Waals surface area contributed by atoms with Gasteiger partial charge in [-0.05, 0) is 57.9 Å². The molecule has 238 valence electrons. The predicted molar refractivity (Wildman–Crippen MR) is 150 cm³/mol. The Labute approximate surface area is 248 Å². The average Bonchev–Trinajstić information content (AvgIpc) is 3.46. The zero-order chi connectivity index (χ0) is 32.2. The molecule has 15 nitrogen and oxygen atoms in total. The second-order valence-corrected chi connectivity index (χ2v) is 9.35. The first-order valence-corrected chi connectivity index (χ1v) is 13.8. The highest BCUT2D eigenvalue weighted by Crippen LogP contribution is 2.20. The lowest BCUT2D eigenvalue weighted by molar-refractivity contribution is -0.757. The zero-order valence-corrected chi connectivity index (χ0v) is 24.2. The molecule has 1 fully saturated rings. The predicted octanol–water partition coefficient (Wildman–Crippen LogP) is 1.76. The third-order valence-electron chi connectivity index (χ3n) is 6.11. The number of amides is 1. The van der Waals surface area contributed by atoms with Crippen molar-refractivity contribution in [3.05, 3.63) is 58.2 Å². The van der Waals surface area contributed by atoms with Gasteiger partial charge in [-0.25, -0.2) is 14.4 Å². The number of hydrogen-bond acceptors (Lipinski definition) is 11. The van der Waals surface area contributed by atoms with Gasteiger partial charge < -0.3 is 29.4 Å². The van der Waals surface area contributed by atoms with Crippen LogP contribution in [0.4, 0.5) is 0 Å². The number of aryl methyl sites for hydroxylation is 1. The molecule has 1 amide bonds. The Morgan fingerprint density at radius 2 is 1.70 bits per heavy atom. The molecular weight excluding hydrogens is 570 g/mol. The second-order valence-electron chi connectivity index (χ2n) is 9.35. The molecule has 1 saturated heterocycles. The molecule has 3 N–H and O–H groups in total. The van der Waals surface area contributed by atoms with Crippen molar-refractivity contribution in [3.63, 3.8) is 0 Å². The fourth-order valence-corrected chi connectivity index (χ4v) is 4.12. The zero-order valence-electron chi connectivity index (χ0n) is 24.2. The lowest BCUT2D eigenvalue weighted by Crippen LogP contribution is -2.53. The third-order valence-corrected chi connectivity index (χ3v) is 6.11. The first-order valence-electron chi connectivity index (χ1n) is 13.8. The van der Waals surface area contributed by atoms with Gasteiger partial charge in [0.1, 0.15) is 12.1 Å². The molecule has 0 aliphatic carbocycles. The molecule has 0 radical (unpaired) electrons. The number of carboxylic acids is 2. The lowest BCUT2D eigenvalue weighted by atomic mass is 10.0. The second kappa shape index (κ2) is 20.4. The largest absolute Gasteiger partial charge is 0.478 e. The number of unbranched alkanes of at least 4 members (excludes halogenated alkanes) is 1. The molecule has 1 aliphatic heterocycles. The highest BCUT2D eigenvalue weighted by Gasteiger charge is 2.38. The molecule has 1 aromatic carbocycles. The summed E-state index contributed by atoms with van der Waals surface area (Å²) < 4.78 is 10.5. The van der Waals surface area contributed by atoms with Crippen LogP contribution in [0.3, 0.4) is 0 Å². The molecule has 0 spiro atoms. The fourth-order valence-electron chi connectivity index (χ4n) is 4.12. The Bertz CT molecular complexity index is 1080. The average molecular weight is 610 g/mol. The standard InChI is InChI=1S/C24H35N3O8.C4H4O4/c1-3-33-23(29)20(14-13-19-10-5-4-6-11-19)25-18(2)22(28)26-15-9-12-21(26)24(30)34-16-7-8-17-35-27(31)32;5-3(6)1-2-4(7)8/h4-6,10-11,18,20-21,25H,3,7-9,12-17H2,1-2H3;1-2H,(H,5,6)(H,7,8)/b;2-1-/t18-,20-,21-;/m0./s1. The maximum Gasteiger partial charge on any atom is 0.328 e. The quantitative estimate of drug-likeness (QED) is 0.0756. The number of carbonyl (C=O) groups is 5. The minimum atomic E-state index is -1.26. The van der Waals surface area contributed by atoms with E-state index in [-0.39, 0.29) is 25.7 Å². The van der Waals surface area contributed by atoms with Crippen LogP contribution in [-0.2, 0) is 44.7 Å². The van der Waals surface area contributed by atoms with Crippen LogP contribution < -0.4 is 5.32 Å². The highest BCUT2D eigenvalue weighted by molar-refractivity contribution is 5.90. The Hall–Kier alpha value is -4.53. The number of aliphatic carboxylic acids is 2. The molecule has 43 heavy (non-hydrogen) atoms. The van der Waals surface area contributed by atoms with Crippen LogP contribution in [0.15, 0.2) is 42.5 Å². The Kier molecular flexibility index (Phi) is 17.3.